The number of piperidine rings is 1. The highest BCUT2D eigenvalue weighted by atomic mass is 35.5. The van der Waals surface area contributed by atoms with Gasteiger partial charge in [0.15, 0.2) is 0 Å². The number of rotatable bonds is 7. The van der Waals surface area contributed by atoms with E-state index >= 15 is 0 Å². The number of hydrogen-bond acceptors (Lipinski definition) is 6. The predicted molar refractivity (Wildman–Crippen MR) is 152 cm³/mol. The lowest BCUT2D eigenvalue weighted by molar-refractivity contribution is -0.142. The van der Waals surface area contributed by atoms with E-state index < -0.39 is 16.0 Å². The van der Waals surface area contributed by atoms with Gasteiger partial charge in [0.05, 0.1) is 22.2 Å². The second-order valence-corrected chi connectivity index (χ2v) is 13.2. The quantitative estimate of drug-likeness (QED) is 0.467. The third-order valence-corrected chi connectivity index (χ3v) is 10.1. The van der Waals surface area contributed by atoms with E-state index in [9.17, 15) is 23.1 Å². The highest BCUT2D eigenvalue weighted by Gasteiger charge is 2.26. The van der Waals surface area contributed by atoms with E-state index in [2.05, 4.69) is 11.0 Å². The summed E-state index contributed by atoms with van der Waals surface area (Å²) in [6.45, 7) is 2.61. The predicted octanol–water partition coefficient (Wildman–Crippen LogP) is 4.56. The number of anilines is 1. The van der Waals surface area contributed by atoms with Gasteiger partial charge in [-0.05, 0) is 48.7 Å². The van der Waals surface area contributed by atoms with E-state index in [1.54, 1.807) is 11.0 Å². The summed E-state index contributed by atoms with van der Waals surface area (Å²) in [6.07, 6.45) is 5.47. The minimum atomic E-state index is -3.26. The molecule has 0 spiro atoms. The van der Waals surface area contributed by atoms with Crippen molar-refractivity contribution in [2.75, 3.05) is 50.4 Å². The van der Waals surface area contributed by atoms with Crippen LogP contribution < -0.4 is 4.90 Å². The van der Waals surface area contributed by atoms with Crippen LogP contribution in [0.15, 0.2) is 52.3 Å². The number of benzene rings is 2. The molecule has 2 fully saturated rings. The Morgan fingerprint density at radius 1 is 1.00 bits per heavy atom. The summed E-state index contributed by atoms with van der Waals surface area (Å²) >= 11 is 14.6. The van der Waals surface area contributed by atoms with Crippen LogP contribution in [0.3, 0.4) is 0 Å². The number of carboxylic acids is 1. The van der Waals surface area contributed by atoms with Crippen molar-refractivity contribution in [2.24, 2.45) is 5.92 Å². The van der Waals surface area contributed by atoms with E-state index in [1.165, 1.54) is 28.4 Å². The first-order chi connectivity index (χ1) is 18.0. The van der Waals surface area contributed by atoms with Crippen LogP contribution >= 0.6 is 35.0 Å². The van der Waals surface area contributed by atoms with Crippen LogP contribution in [0.2, 0.25) is 10.0 Å². The summed E-state index contributed by atoms with van der Waals surface area (Å²) < 4.78 is 24.7. The number of sulfonamides is 1. The highest BCUT2D eigenvalue weighted by molar-refractivity contribution is 7.99. The summed E-state index contributed by atoms with van der Waals surface area (Å²) in [5.41, 5.74) is 1.65. The zero-order valence-corrected chi connectivity index (χ0v) is 24.0. The van der Waals surface area contributed by atoms with E-state index in [1.807, 2.05) is 30.3 Å². The van der Waals surface area contributed by atoms with E-state index in [-0.39, 0.29) is 24.9 Å². The van der Waals surface area contributed by atoms with Gasteiger partial charge in [0.2, 0.25) is 15.9 Å². The van der Waals surface area contributed by atoms with Crippen molar-refractivity contribution in [3.63, 3.8) is 0 Å². The fraction of sp³-hybridized carbons (Fsp3) is 0.385. The molecule has 12 heteroatoms. The number of amides is 1. The molecule has 204 valence electrons. The maximum absolute atomic E-state index is 12.6. The molecule has 0 aromatic heterocycles. The normalized spacial score (nSPS) is 17.8. The Balaban J connectivity index is 1.39. The molecule has 0 atom stereocenters. The lowest BCUT2D eigenvalue weighted by Gasteiger charge is -2.32. The van der Waals surface area contributed by atoms with Crippen LogP contribution in [-0.2, 0) is 19.6 Å². The Labute approximate surface area is 237 Å². The fourth-order valence-corrected chi connectivity index (χ4v) is 6.82. The number of nitrogens with zero attached hydrogens (tertiary/aromatic N) is 3. The van der Waals surface area contributed by atoms with E-state index in [0.717, 1.165) is 15.5 Å². The zero-order chi connectivity index (χ0) is 27.4. The highest BCUT2D eigenvalue weighted by Crippen LogP contribution is 2.40. The number of hydrogen-bond donors (Lipinski definition) is 1. The molecule has 2 aliphatic heterocycles. The Morgan fingerprint density at radius 2 is 1.68 bits per heavy atom. The third kappa shape index (κ3) is 7.04. The molecule has 8 nitrogen and oxygen atoms in total. The maximum Gasteiger partial charge on any atom is 0.306 e. The monoisotopic (exact) mass is 597 g/mol. The average molecular weight is 599 g/mol. The SMILES string of the molecule is CS(=O)(=O)N1CCN(C(=O)C=Cc2ccc(Sc3cccc(N4CCC(C(=O)O)CC4)c3)c(Cl)c2Cl)CC1. The zero-order valence-electron chi connectivity index (χ0n) is 20.8. The van der Waals surface area contributed by atoms with Gasteiger partial charge >= 0.3 is 5.97 Å². The van der Waals surface area contributed by atoms with Crippen molar-refractivity contribution in [3.8, 4) is 0 Å². The Bertz CT molecular complexity index is 1340. The number of carboxylic acid groups (broad SMARTS) is 1. The fourth-order valence-electron chi connectivity index (χ4n) is 4.52. The lowest BCUT2D eigenvalue weighted by atomic mass is 9.97. The molecule has 0 bridgehead atoms. The Morgan fingerprint density at radius 3 is 2.32 bits per heavy atom. The molecule has 38 heavy (non-hydrogen) atoms. The van der Waals surface area contributed by atoms with Crippen LogP contribution in [0.1, 0.15) is 18.4 Å². The topological polar surface area (TPSA) is 98.2 Å². The third-order valence-electron chi connectivity index (χ3n) is 6.76. The van der Waals surface area contributed by atoms with E-state index in [4.69, 9.17) is 23.2 Å². The minimum Gasteiger partial charge on any atom is -0.481 e. The molecule has 0 saturated carbocycles. The molecule has 2 heterocycles. The van der Waals surface area contributed by atoms with Gasteiger partial charge in [-0.15, -0.1) is 0 Å². The molecule has 2 aromatic rings. The van der Waals surface area contributed by atoms with Crippen LogP contribution in [0.4, 0.5) is 5.69 Å². The van der Waals surface area contributed by atoms with Gasteiger partial charge < -0.3 is 14.9 Å². The summed E-state index contributed by atoms with van der Waals surface area (Å²) in [4.78, 5) is 29.4. The molecule has 0 radical (unpaired) electrons. The second kappa shape index (κ2) is 12.3. The smallest absolute Gasteiger partial charge is 0.306 e. The van der Waals surface area contributed by atoms with Crippen molar-refractivity contribution in [1.29, 1.82) is 0 Å². The molecule has 2 aliphatic rings. The van der Waals surface area contributed by atoms with Crippen molar-refractivity contribution < 1.29 is 23.1 Å². The molecular weight excluding hydrogens is 569 g/mol. The summed E-state index contributed by atoms with van der Waals surface area (Å²) in [5, 5.41) is 9.97. The molecule has 4 rings (SSSR count). The largest absolute Gasteiger partial charge is 0.481 e. The standard InChI is InChI=1S/C26H29Cl2N3O5S2/c1-38(35,36)31-15-13-30(14-16-31)23(32)8-6-18-5-7-22(25(28)24(18)27)37-21-4-2-3-20(17-21)29-11-9-19(10-12-29)26(33)34/h2-8,17,19H,9-16H2,1H3,(H,33,34). The number of aliphatic carboxylic acids is 1. The van der Waals surface area contributed by atoms with Gasteiger partial charge in [0.1, 0.15) is 0 Å². The molecule has 0 aliphatic carbocycles. The van der Waals surface area contributed by atoms with Gasteiger partial charge in [-0.25, -0.2) is 8.42 Å². The lowest BCUT2D eigenvalue weighted by Crippen LogP contribution is -2.49. The molecule has 1 N–H and O–H groups in total. The Kier molecular flexibility index (Phi) is 9.31. The molecule has 2 saturated heterocycles. The van der Waals surface area contributed by atoms with Gasteiger partial charge in [-0.3, -0.25) is 9.59 Å². The first-order valence-corrected chi connectivity index (χ1v) is 15.6. The Hall–Kier alpha value is -2.24. The summed E-state index contributed by atoms with van der Waals surface area (Å²) in [6, 6.07) is 11.7. The average Bonchev–Trinajstić information content (AvgIpc) is 2.90. The molecular formula is C26H29Cl2N3O5S2. The van der Waals surface area contributed by atoms with Crippen molar-refractivity contribution >= 4 is 68.6 Å². The minimum absolute atomic E-state index is 0.215. The van der Waals surface area contributed by atoms with Gasteiger partial charge in [0.25, 0.3) is 0 Å². The molecule has 0 unspecified atom stereocenters. The van der Waals surface area contributed by atoms with Gasteiger partial charge in [0, 0.05) is 60.8 Å². The first-order valence-electron chi connectivity index (χ1n) is 12.2. The summed E-state index contributed by atoms with van der Waals surface area (Å²) in [7, 11) is -3.26. The van der Waals surface area contributed by atoms with Crippen LogP contribution in [0.25, 0.3) is 6.08 Å². The molecule has 1 amide bonds. The summed E-state index contributed by atoms with van der Waals surface area (Å²) in [5.74, 6) is -1.22. The van der Waals surface area contributed by atoms with Crippen LogP contribution in [0, 0.1) is 5.92 Å². The van der Waals surface area contributed by atoms with Gasteiger partial charge in [-0.1, -0.05) is 47.1 Å². The van der Waals surface area contributed by atoms with E-state index in [0.29, 0.717) is 54.6 Å². The van der Waals surface area contributed by atoms with Gasteiger partial charge in [-0.2, -0.15) is 4.31 Å². The number of halogens is 2. The van der Waals surface area contributed by atoms with Crippen LogP contribution in [0.5, 0.6) is 0 Å². The number of piperazine rings is 1. The van der Waals surface area contributed by atoms with Crippen molar-refractivity contribution in [3.05, 3.63) is 58.1 Å². The first kappa shape index (κ1) is 28.8. The van der Waals surface area contributed by atoms with Crippen molar-refractivity contribution in [1.82, 2.24) is 9.21 Å². The maximum atomic E-state index is 12.6. The molecule has 2 aromatic carbocycles. The number of carbonyl (C=O) groups excluding carboxylic acids is 1. The second-order valence-electron chi connectivity index (χ2n) is 9.30. The van der Waals surface area contributed by atoms with Crippen molar-refractivity contribution in [2.45, 2.75) is 22.6 Å². The van der Waals surface area contributed by atoms with Crippen LogP contribution in [-0.4, -0.2) is 80.1 Å². The number of carbonyl (C=O) groups is 2.